The van der Waals surface area contributed by atoms with Crippen molar-refractivity contribution in [1.82, 2.24) is 14.8 Å². The molecule has 0 saturated carbocycles. The second kappa shape index (κ2) is 7.18. The molecule has 2 aromatic heterocycles. The van der Waals surface area contributed by atoms with Crippen LogP contribution in [-0.4, -0.2) is 27.8 Å². The third-order valence-electron chi connectivity index (χ3n) is 3.51. The van der Waals surface area contributed by atoms with Crippen molar-refractivity contribution < 1.29 is 18.3 Å². The predicted octanol–water partition coefficient (Wildman–Crippen LogP) is 1.99. The number of ether oxygens (including phenoxy) is 1. The molecular formula is C17H15FN4O4. The van der Waals surface area contributed by atoms with E-state index in [2.05, 4.69) is 15.5 Å². The summed E-state index contributed by atoms with van der Waals surface area (Å²) in [6.07, 6.45) is 1.45. The Morgan fingerprint density at radius 3 is 2.77 bits per heavy atom. The number of aromatic nitrogens is 3. The zero-order valence-corrected chi connectivity index (χ0v) is 14.0. The molecule has 26 heavy (non-hydrogen) atoms. The van der Waals surface area contributed by atoms with Crippen molar-refractivity contribution in [2.75, 3.05) is 12.4 Å². The Bertz CT molecular complexity index is 1010. The lowest BCUT2D eigenvalue weighted by Gasteiger charge is -2.09. The van der Waals surface area contributed by atoms with Gasteiger partial charge in [-0.3, -0.25) is 9.59 Å². The van der Waals surface area contributed by atoms with Crippen LogP contribution in [0.3, 0.4) is 0 Å². The zero-order chi connectivity index (χ0) is 18.7. The monoisotopic (exact) mass is 358 g/mol. The van der Waals surface area contributed by atoms with E-state index in [0.717, 1.165) is 6.07 Å². The van der Waals surface area contributed by atoms with E-state index in [1.807, 2.05) is 0 Å². The number of hydrogen-bond donors (Lipinski definition) is 1. The second-order valence-electron chi connectivity index (χ2n) is 5.41. The fraction of sp³-hybridized carbons (Fsp3) is 0.176. The Kier molecular flexibility index (Phi) is 4.78. The van der Waals surface area contributed by atoms with Crippen molar-refractivity contribution in [3.05, 3.63) is 58.6 Å². The first-order valence-electron chi connectivity index (χ1n) is 7.60. The number of methoxy groups -OCH3 is 1. The summed E-state index contributed by atoms with van der Waals surface area (Å²) in [6, 6.07) is 6.87. The molecular weight excluding hydrogens is 343 g/mol. The SMILES string of the molecule is COc1ccc(NC(=O)Cn2cc(-c3nnc(C)o3)ccc2=O)cc1F. The maximum absolute atomic E-state index is 13.7. The minimum Gasteiger partial charge on any atom is -0.494 e. The molecule has 0 aliphatic rings. The third kappa shape index (κ3) is 3.77. The number of nitrogens with one attached hydrogen (secondary N) is 1. The molecule has 1 amide bonds. The van der Waals surface area contributed by atoms with Crippen LogP contribution in [0.25, 0.3) is 11.5 Å². The van der Waals surface area contributed by atoms with Gasteiger partial charge in [-0.15, -0.1) is 10.2 Å². The molecule has 0 bridgehead atoms. The van der Waals surface area contributed by atoms with Crippen LogP contribution < -0.4 is 15.6 Å². The number of benzene rings is 1. The Labute approximate surface area is 147 Å². The molecule has 0 aliphatic heterocycles. The molecule has 0 unspecified atom stereocenters. The molecule has 3 aromatic rings. The van der Waals surface area contributed by atoms with Gasteiger partial charge in [0.2, 0.25) is 17.7 Å². The van der Waals surface area contributed by atoms with Gasteiger partial charge >= 0.3 is 0 Å². The molecule has 2 heterocycles. The fourth-order valence-electron chi connectivity index (χ4n) is 2.29. The molecule has 1 N–H and O–H groups in total. The lowest BCUT2D eigenvalue weighted by Crippen LogP contribution is -2.26. The summed E-state index contributed by atoms with van der Waals surface area (Å²) in [5.41, 5.74) is 0.388. The summed E-state index contributed by atoms with van der Waals surface area (Å²) < 4.78 is 25.0. The average molecular weight is 358 g/mol. The average Bonchev–Trinajstić information content (AvgIpc) is 3.03. The Balaban J connectivity index is 1.76. The van der Waals surface area contributed by atoms with Gasteiger partial charge in [-0.05, 0) is 18.2 Å². The molecule has 0 saturated heterocycles. The molecule has 134 valence electrons. The number of nitrogens with zero attached hydrogens (tertiary/aromatic N) is 3. The number of halogens is 1. The highest BCUT2D eigenvalue weighted by atomic mass is 19.1. The molecule has 0 spiro atoms. The first kappa shape index (κ1) is 17.3. The summed E-state index contributed by atoms with van der Waals surface area (Å²) in [7, 11) is 1.35. The van der Waals surface area contributed by atoms with E-state index >= 15 is 0 Å². The molecule has 9 heteroatoms. The van der Waals surface area contributed by atoms with E-state index in [1.54, 1.807) is 6.92 Å². The summed E-state index contributed by atoms with van der Waals surface area (Å²) in [5, 5.41) is 10.1. The van der Waals surface area contributed by atoms with Crippen LogP contribution in [0.4, 0.5) is 10.1 Å². The van der Waals surface area contributed by atoms with E-state index in [1.165, 1.54) is 42.1 Å². The molecule has 0 fully saturated rings. The minimum atomic E-state index is -0.601. The van der Waals surface area contributed by atoms with Crippen LogP contribution in [0, 0.1) is 12.7 Å². The molecule has 0 radical (unpaired) electrons. The lowest BCUT2D eigenvalue weighted by molar-refractivity contribution is -0.116. The molecule has 0 aliphatic carbocycles. The lowest BCUT2D eigenvalue weighted by atomic mass is 10.2. The van der Waals surface area contributed by atoms with Crippen molar-refractivity contribution >= 4 is 11.6 Å². The van der Waals surface area contributed by atoms with Gasteiger partial charge in [-0.2, -0.15) is 0 Å². The number of aryl methyl sites for hydroxylation is 1. The van der Waals surface area contributed by atoms with Gasteiger partial charge in [0.05, 0.1) is 12.7 Å². The summed E-state index contributed by atoms with van der Waals surface area (Å²) >= 11 is 0. The normalized spacial score (nSPS) is 10.6. The Hall–Kier alpha value is -3.49. The number of carbonyl (C=O) groups excluding carboxylic acids is 1. The van der Waals surface area contributed by atoms with Crippen molar-refractivity contribution in [3.63, 3.8) is 0 Å². The summed E-state index contributed by atoms with van der Waals surface area (Å²) in [6.45, 7) is 1.39. The highest BCUT2D eigenvalue weighted by Crippen LogP contribution is 2.20. The largest absolute Gasteiger partial charge is 0.494 e. The van der Waals surface area contributed by atoms with E-state index < -0.39 is 11.7 Å². The van der Waals surface area contributed by atoms with Gasteiger partial charge in [0.1, 0.15) is 6.54 Å². The molecule has 3 rings (SSSR count). The van der Waals surface area contributed by atoms with Crippen LogP contribution in [0.15, 0.2) is 45.7 Å². The fourth-order valence-corrected chi connectivity index (χ4v) is 2.29. The van der Waals surface area contributed by atoms with Gasteiger partial charge < -0.3 is 19.0 Å². The van der Waals surface area contributed by atoms with Crippen LogP contribution in [0.5, 0.6) is 5.75 Å². The molecule has 1 aromatic carbocycles. The van der Waals surface area contributed by atoms with Gasteiger partial charge in [0.25, 0.3) is 5.56 Å². The smallest absolute Gasteiger partial charge is 0.251 e. The number of amides is 1. The first-order valence-corrected chi connectivity index (χ1v) is 7.60. The highest BCUT2D eigenvalue weighted by Gasteiger charge is 2.11. The van der Waals surface area contributed by atoms with Gasteiger partial charge in [0.15, 0.2) is 11.6 Å². The number of rotatable bonds is 5. The van der Waals surface area contributed by atoms with E-state index in [-0.39, 0.29) is 29.4 Å². The summed E-state index contributed by atoms with van der Waals surface area (Å²) in [4.78, 5) is 24.1. The minimum absolute atomic E-state index is 0.0711. The van der Waals surface area contributed by atoms with Crippen LogP contribution >= 0.6 is 0 Å². The van der Waals surface area contributed by atoms with E-state index in [0.29, 0.717) is 11.5 Å². The summed E-state index contributed by atoms with van der Waals surface area (Å²) in [5.74, 6) is -0.389. The maximum atomic E-state index is 13.7. The Morgan fingerprint density at radius 1 is 1.31 bits per heavy atom. The standard InChI is InChI=1S/C17H15FN4O4/c1-10-20-21-17(26-10)11-3-6-16(24)22(8-11)9-15(23)19-12-4-5-14(25-2)13(18)7-12/h3-8H,9H2,1-2H3,(H,19,23). The zero-order valence-electron chi connectivity index (χ0n) is 14.0. The van der Waals surface area contributed by atoms with Crippen molar-refractivity contribution in [1.29, 1.82) is 0 Å². The second-order valence-corrected chi connectivity index (χ2v) is 5.41. The van der Waals surface area contributed by atoms with Gasteiger partial charge in [0, 0.05) is 30.9 Å². The highest BCUT2D eigenvalue weighted by molar-refractivity contribution is 5.90. The van der Waals surface area contributed by atoms with Crippen LogP contribution in [-0.2, 0) is 11.3 Å². The number of anilines is 1. The number of carbonyl (C=O) groups is 1. The predicted molar refractivity (Wildman–Crippen MR) is 90.3 cm³/mol. The van der Waals surface area contributed by atoms with Crippen LogP contribution in [0.1, 0.15) is 5.89 Å². The van der Waals surface area contributed by atoms with Crippen molar-refractivity contribution in [2.24, 2.45) is 0 Å². The van der Waals surface area contributed by atoms with Gasteiger partial charge in [-0.25, -0.2) is 4.39 Å². The quantitative estimate of drug-likeness (QED) is 0.749. The van der Waals surface area contributed by atoms with Gasteiger partial charge in [-0.1, -0.05) is 0 Å². The Morgan fingerprint density at radius 2 is 2.12 bits per heavy atom. The number of pyridine rings is 1. The number of hydrogen-bond acceptors (Lipinski definition) is 6. The van der Waals surface area contributed by atoms with Crippen LogP contribution in [0.2, 0.25) is 0 Å². The van der Waals surface area contributed by atoms with Crippen molar-refractivity contribution in [3.8, 4) is 17.2 Å². The molecule has 8 nitrogen and oxygen atoms in total. The maximum Gasteiger partial charge on any atom is 0.251 e. The van der Waals surface area contributed by atoms with E-state index in [4.69, 9.17) is 9.15 Å². The van der Waals surface area contributed by atoms with E-state index in [9.17, 15) is 14.0 Å². The van der Waals surface area contributed by atoms with Crippen molar-refractivity contribution in [2.45, 2.75) is 13.5 Å². The third-order valence-corrected chi connectivity index (χ3v) is 3.51. The first-order chi connectivity index (χ1) is 12.5. The molecule has 0 atom stereocenters. The topological polar surface area (TPSA) is 99.2 Å².